The Kier molecular flexibility index (Phi) is 4.54. The summed E-state index contributed by atoms with van der Waals surface area (Å²) in [5.74, 6) is 0.902. The van der Waals surface area contributed by atoms with E-state index in [0.717, 1.165) is 12.5 Å². The normalized spacial score (nSPS) is 17.9. The monoisotopic (exact) mass is 213 g/mol. The fraction of sp³-hybridized carbons (Fsp3) is 0.909. The zero-order valence-corrected chi connectivity index (χ0v) is 10.1. The molecule has 1 rings (SSSR count). The van der Waals surface area contributed by atoms with Crippen LogP contribution in [0.15, 0.2) is 0 Å². The second-order valence-electron chi connectivity index (χ2n) is 4.46. The SMILES string of the molecule is CCN(C)C(=O)CN(C)C(CN)C1CC1. The van der Waals surface area contributed by atoms with Gasteiger partial charge in [-0.2, -0.15) is 0 Å². The van der Waals surface area contributed by atoms with Crippen molar-refractivity contribution >= 4 is 5.91 Å². The van der Waals surface area contributed by atoms with E-state index in [-0.39, 0.29) is 5.91 Å². The molecule has 0 aromatic carbocycles. The molecule has 2 N–H and O–H groups in total. The number of carbonyl (C=O) groups is 1. The van der Waals surface area contributed by atoms with Gasteiger partial charge in [-0.05, 0) is 32.7 Å². The fourth-order valence-corrected chi connectivity index (χ4v) is 1.84. The van der Waals surface area contributed by atoms with Crippen LogP contribution in [0.4, 0.5) is 0 Å². The highest BCUT2D eigenvalue weighted by atomic mass is 16.2. The summed E-state index contributed by atoms with van der Waals surface area (Å²) in [4.78, 5) is 15.5. The average molecular weight is 213 g/mol. The zero-order chi connectivity index (χ0) is 11.4. The molecule has 0 bridgehead atoms. The molecule has 1 aliphatic rings. The number of hydrogen-bond donors (Lipinski definition) is 1. The van der Waals surface area contributed by atoms with Gasteiger partial charge >= 0.3 is 0 Å². The first-order valence-corrected chi connectivity index (χ1v) is 5.74. The van der Waals surface area contributed by atoms with Crippen LogP contribution < -0.4 is 5.73 Å². The van der Waals surface area contributed by atoms with E-state index in [2.05, 4.69) is 4.90 Å². The molecule has 15 heavy (non-hydrogen) atoms. The Bertz CT molecular complexity index is 216. The molecule has 0 heterocycles. The Balaban J connectivity index is 2.38. The second kappa shape index (κ2) is 5.47. The minimum Gasteiger partial charge on any atom is -0.345 e. The molecule has 1 aliphatic carbocycles. The van der Waals surface area contributed by atoms with Gasteiger partial charge in [0, 0.05) is 26.2 Å². The molecular formula is C11H23N3O. The van der Waals surface area contributed by atoms with Crippen LogP contribution in [0.5, 0.6) is 0 Å². The molecule has 1 atom stereocenters. The van der Waals surface area contributed by atoms with Gasteiger partial charge < -0.3 is 10.6 Å². The van der Waals surface area contributed by atoms with Crippen LogP contribution in [-0.4, -0.2) is 55.5 Å². The van der Waals surface area contributed by atoms with Crippen molar-refractivity contribution in [2.24, 2.45) is 11.7 Å². The summed E-state index contributed by atoms with van der Waals surface area (Å²) in [6.45, 7) is 3.90. The largest absolute Gasteiger partial charge is 0.345 e. The molecule has 1 unspecified atom stereocenters. The summed E-state index contributed by atoms with van der Waals surface area (Å²) in [6, 6.07) is 0.388. The maximum atomic E-state index is 11.7. The molecule has 4 heteroatoms. The molecule has 0 aliphatic heterocycles. The Labute approximate surface area is 92.4 Å². The van der Waals surface area contributed by atoms with Crippen molar-refractivity contribution in [3.8, 4) is 0 Å². The van der Waals surface area contributed by atoms with E-state index in [1.54, 1.807) is 4.90 Å². The second-order valence-corrected chi connectivity index (χ2v) is 4.46. The van der Waals surface area contributed by atoms with Crippen molar-refractivity contribution in [1.82, 2.24) is 9.80 Å². The predicted molar refractivity (Wildman–Crippen MR) is 61.5 cm³/mol. The number of carbonyl (C=O) groups excluding carboxylic acids is 1. The minimum atomic E-state index is 0.180. The molecule has 0 aromatic rings. The highest BCUT2D eigenvalue weighted by Gasteiger charge is 2.33. The summed E-state index contributed by atoms with van der Waals surface area (Å²) in [5.41, 5.74) is 5.73. The Hall–Kier alpha value is -0.610. The minimum absolute atomic E-state index is 0.180. The molecule has 0 aromatic heterocycles. The van der Waals surface area contributed by atoms with Crippen molar-refractivity contribution in [3.63, 3.8) is 0 Å². The van der Waals surface area contributed by atoms with E-state index >= 15 is 0 Å². The lowest BCUT2D eigenvalue weighted by molar-refractivity contribution is -0.131. The highest BCUT2D eigenvalue weighted by Crippen LogP contribution is 2.34. The van der Waals surface area contributed by atoms with Crippen molar-refractivity contribution < 1.29 is 4.79 Å². The van der Waals surface area contributed by atoms with E-state index in [1.807, 2.05) is 21.0 Å². The summed E-state index contributed by atoms with van der Waals surface area (Å²) in [7, 11) is 3.84. The summed E-state index contributed by atoms with van der Waals surface area (Å²) in [5, 5.41) is 0. The predicted octanol–water partition coefficient (Wildman–Crippen LogP) is 0.134. The maximum absolute atomic E-state index is 11.7. The topological polar surface area (TPSA) is 49.6 Å². The fourth-order valence-electron chi connectivity index (χ4n) is 1.84. The first-order chi connectivity index (χ1) is 7.10. The first-order valence-electron chi connectivity index (χ1n) is 5.74. The lowest BCUT2D eigenvalue weighted by Gasteiger charge is -2.28. The van der Waals surface area contributed by atoms with Gasteiger partial charge in [0.15, 0.2) is 0 Å². The summed E-state index contributed by atoms with van der Waals surface area (Å²) >= 11 is 0. The maximum Gasteiger partial charge on any atom is 0.236 e. The molecule has 0 radical (unpaired) electrons. The Morgan fingerprint density at radius 2 is 2.07 bits per heavy atom. The van der Waals surface area contributed by atoms with Gasteiger partial charge in [-0.1, -0.05) is 0 Å². The Morgan fingerprint density at radius 1 is 1.47 bits per heavy atom. The number of rotatable bonds is 6. The van der Waals surface area contributed by atoms with Crippen LogP contribution in [0.25, 0.3) is 0 Å². The third kappa shape index (κ3) is 3.47. The Morgan fingerprint density at radius 3 is 2.47 bits per heavy atom. The summed E-state index contributed by atoms with van der Waals surface area (Å²) < 4.78 is 0. The van der Waals surface area contributed by atoms with Gasteiger partial charge in [0.25, 0.3) is 0 Å². The standard InChI is InChI=1S/C11H23N3O/c1-4-13(2)11(15)8-14(3)10(7-12)9-5-6-9/h9-10H,4-8,12H2,1-3H3. The van der Waals surface area contributed by atoms with Crippen LogP contribution in [0.3, 0.4) is 0 Å². The van der Waals surface area contributed by atoms with E-state index in [0.29, 0.717) is 19.1 Å². The number of amides is 1. The van der Waals surface area contributed by atoms with Gasteiger partial charge in [-0.25, -0.2) is 0 Å². The number of likely N-dealkylation sites (N-methyl/N-ethyl adjacent to an activating group) is 2. The molecule has 0 spiro atoms. The molecule has 1 amide bonds. The van der Waals surface area contributed by atoms with Crippen molar-refractivity contribution in [1.29, 1.82) is 0 Å². The van der Waals surface area contributed by atoms with Gasteiger partial charge in [0.2, 0.25) is 5.91 Å². The molecule has 0 saturated heterocycles. The van der Waals surface area contributed by atoms with Gasteiger partial charge in [0.1, 0.15) is 0 Å². The van der Waals surface area contributed by atoms with Gasteiger partial charge in [-0.15, -0.1) is 0 Å². The highest BCUT2D eigenvalue weighted by molar-refractivity contribution is 5.77. The number of nitrogens with two attached hydrogens (primary N) is 1. The molecule has 4 nitrogen and oxygen atoms in total. The molecule has 1 fully saturated rings. The lowest BCUT2D eigenvalue weighted by Crippen LogP contribution is -2.45. The van der Waals surface area contributed by atoms with Crippen molar-refractivity contribution in [2.45, 2.75) is 25.8 Å². The van der Waals surface area contributed by atoms with Gasteiger partial charge in [-0.3, -0.25) is 9.69 Å². The number of hydrogen-bond acceptors (Lipinski definition) is 3. The molecule has 1 saturated carbocycles. The van der Waals surface area contributed by atoms with E-state index in [1.165, 1.54) is 12.8 Å². The van der Waals surface area contributed by atoms with Crippen LogP contribution >= 0.6 is 0 Å². The summed E-state index contributed by atoms with van der Waals surface area (Å²) in [6.07, 6.45) is 2.54. The van der Waals surface area contributed by atoms with Crippen molar-refractivity contribution in [3.05, 3.63) is 0 Å². The van der Waals surface area contributed by atoms with Crippen LogP contribution in [0, 0.1) is 5.92 Å². The van der Waals surface area contributed by atoms with Crippen LogP contribution in [-0.2, 0) is 4.79 Å². The van der Waals surface area contributed by atoms with Crippen molar-refractivity contribution in [2.75, 3.05) is 33.7 Å². The molecular weight excluding hydrogens is 190 g/mol. The van der Waals surface area contributed by atoms with Crippen LogP contribution in [0.1, 0.15) is 19.8 Å². The van der Waals surface area contributed by atoms with E-state index in [4.69, 9.17) is 5.73 Å². The third-order valence-corrected chi connectivity index (χ3v) is 3.26. The van der Waals surface area contributed by atoms with E-state index in [9.17, 15) is 4.79 Å². The quantitative estimate of drug-likeness (QED) is 0.682. The number of nitrogens with zero attached hydrogens (tertiary/aromatic N) is 2. The smallest absolute Gasteiger partial charge is 0.236 e. The van der Waals surface area contributed by atoms with E-state index < -0.39 is 0 Å². The first kappa shape index (κ1) is 12.5. The van der Waals surface area contributed by atoms with Crippen LogP contribution in [0.2, 0.25) is 0 Å². The molecule has 88 valence electrons. The van der Waals surface area contributed by atoms with Gasteiger partial charge in [0.05, 0.1) is 6.54 Å². The zero-order valence-electron chi connectivity index (χ0n) is 10.1. The third-order valence-electron chi connectivity index (χ3n) is 3.26. The lowest BCUT2D eigenvalue weighted by atomic mass is 10.1. The average Bonchev–Trinajstić information content (AvgIpc) is 3.01.